The monoisotopic (exact) mass is 419 g/mol. The standard InChI is InChI=1S/C27H33NO3/c1-30-23-9-8-19(13-24(23)31-2)10-11-28-25(29)27-16-20-12-21(17-27)15-26(14-20,18-27)22-6-4-3-5-7-22/h3-9,13,20-21H,10-12,14-18H2,1-2H3,(H,28,29)/t20-,21+,26?,27?. The third kappa shape index (κ3) is 3.60. The third-order valence-corrected chi connectivity index (χ3v) is 8.08. The summed E-state index contributed by atoms with van der Waals surface area (Å²) in [6.07, 6.45) is 7.77. The number of amides is 1. The van der Waals surface area contributed by atoms with Crippen LogP contribution >= 0.6 is 0 Å². The van der Waals surface area contributed by atoms with Crippen LogP contribution in [0.1, 0.15) is 49.7 Å². The Morgan fingerprint density at radius 3 is 2.35 bits per heavy atom. The molecular formula is C27H33NO3. The second-order valence-electron chi connectivity index (χ2n) is 10.1. The maximum Gasteiger partial charge on any atom is 0.226 e. The van der Waals surface area contributed by atoms with Crippen LogP contribution in [0.25, 0.3) is 0 Å². The van der Waals surface area contributed by atoms with E-state index in [9.17, 15) is 4.79 Å². The lowest BCUT2D eigenvalue weighted by molar-refractivity contribution is -0.149. The van der Waals surface area contributed by atoms with Crippen LogP contribution in [0.2, 0.25) is 0 Å². The minimum atomic E-state index is -0.183. The first-order chi connectivity index (χ1) is 15.1. The summed E-state index contributed by atoms with van der Waals surface area (Å²) in [7, 11) is 3.30. The molecule has 0 spiro atoms. The van der Waals surface area contributed by atoms with Crippen molar-refractivity contribution in [3.05, 3.63) is 59.7 Å². The van der Waals surface area contributed by atoms with Gasteiger partial charge in [0.15, 0.2) is 11.5 Å². The lowest BCUT2D eigenvalue weighted by Gasteiger charge is -2.61. The van der Waals surface area contributed by atoms with Gasteiger partial charge in [0.2, 0.25) is 5.91 Å². The number of ether oxygens (including phenoxy) is 2. The first kappa shape index (κ1) is 20.4. The van der Waals surface area contributed by atoms with Gasteiger partial charge in [-0.05, 0) is 85.5 Å². The van der Waals surface area contributed by atoms with E-state index >= 15 is 0 Å². The van der Waals surface area contributed by atoms with Crippen molar-refractivity contribution in [2.45, 2.75) is 50.4 Å². The average Bonchev–Trinajstić information content (AvgIpc) is 2.78. The van der Waals surface area contributed by atoms with Gasteiger partial charge in [-0.2, -0.15) is 0 Å². The number of methoxy groups -OCH3 is 2. The Bertz CT molecular complexity index is 940. The first-order valence-electron chi connectivity index (χ1n) is 11.6. The van der Waals surface area contributed by atoms with Crippen LogP contribution in [0.3, 0.4) is 0 Å². The van der Waals surface area contributed by atoms with Gasteiger partial charge in [0.25, 0.3) is 0 Å². The van der Waals surface area contributed by atoms with Crippen molar-refractivity contribution in [1.29, 1.82) is 0 Å². The van der Waals surface area contributed by atoms with E-state index in [1.165, 1.54) is 24.8 Å². The summed E-state index contributed by atoms with van der Waals surface area (Å²) in [6.45, 7) is 0.656. The lowest BCUT2D eigenvalue weighted by Crippen LogP contribution is -2.59. The summed E-state index contributed by atoms with van der Waals surface area (Å²) >= 11 is 0. The second kappa shape index (κ2) is 7.89. The zero-order valence-electron chi connectivity index (χ0n) is 18.7. The molecule has 1 amide bonds. The number of benzene rings is 2. The molecule has 4 nitrogen and oxygen atoms in total. The zero-order chi connectivity index (χ0) is 21.5. The molecule has 4 heteroatoms. The van der Waals surface area contributed by atoms with Crippen molar-refractivity contribution < 1.29 is 14.3 Å². The minimum absolute atomic E-state index is 0.183. The van der Waals surface area contributed by atoms with Crippen LogP contribution in [0.4, 0.5) is 0 Å². The van der Waals surface area contributed by atoms with Gasteiger partial charge < -0.3 is 14.8 Å². The normalized spacial score (nSPS) is 30.8. The van der Waals surface area contributed by atoms with E-state index in [0.29, 0.717) is 18.4 Å². The molecule has 4 aliphatic carbocycles. The molecule has 0 saturated heterocycles. The van der Waals surface area contributed by atoms with Gasteiger partial charge in [-0.15, -0.1) is 0 Å². The first-order valence-corrected chi connectivity index (χ1v) is 11.6. The topological polar surface area (TPSA) is 47.6 Å². The Morgan fingerprint density at radius 2 is 1.68 bits per heavy atom. The van der Waals surface area contributed by atoms with Gasteiger partial charge in [0.1, 0.15) is 0 Å². The lowest BCUT2D eigenvalue weighted by atomic mass is 9.42. The molecule has 0 heterocycles. The van der Waals surface area contributed by atoms with E-state index in [0.717, 1.165) is 42.7 Å². The number of rotatable bonds is 7. The number of hydrogen-bond acceptors (Lipinski definition) is 3. The molecule has 1 N–H and O–H groups in total. The SMILES string of the molecule is COc1ccc(CCNC(=O)C23C[C@H]4C[C@@H](C2)CC(c2ccccc2)(C4)C3)cc1OC. The highest BCUT2D eigenvalue weighted by Gasteiger charge is 2.60. The van der Waals surface area contributed by atoms with Gasteiger partial charge in [0, 0.05) is 6.54 Å². The number of hydrogen-bond donors (Lipinski definition) is 1. The van der Waals surface area contributed by atoms with E-state index < -0.39 is 0 Å². The van der Waals surface area contributed by atoms with Crippen LogP contribution in [-0.4, -0.2) is 26.7 Å². The Kier molecular flexibility index (Phi) is 5.19. The van der Waals surface area contributed by atoms with E-state index in [2.05, 4.69) is 35.6 Å². The third-order valence-electron chi connectivity index (χ3n) is 8.08. The molecule has 2 aromatic rings. The molecule has 31 heavy (non-hydrogen) atoms. The summed E-state index contributed by atoms with van der Waals surface area (Å²) in [5, 5.41) is 3.31. The van der Waals surface area contributed by atoms with E-state index in [1.54, 1.807) is 14.2 Å². The van der Waals surface area contributed by atoms with Crippen LogP contribution in [0.5, 0.6) is 11.5 Å². The second-order valence-corrected chi connectivity index (χ2v) is 10.1. The fraction of sp³-hybridized carbons (Fsp3) is 0.519. The van der Waals surface area contributed by atoms with Crippen molar-refractivity contribution in [3.63, 3.8) is 0 Å². The summed E-state index contributed by atoms with van der Waals surface area (Å²) in [5.41, 5.74) is 2.61. The van der Waals surface area contributed by atoms with Crippen molar-refractivity contribution >= 4 is 5.91 Å². The maximum absolute atomic E-state index is 13.5. The highest BCUT2D eigenvalue weighted by molar-refractivity contribution is 5.83. The number of carbonyl (C=O) groups is 1. The largest absolute Gasteiger partial charge is 0.493 e. The molecule has 0 radical (unpaired) electrons. The molecule has 164 valence electrons. The van der Waals surface area contributed by atoms with Gasteiger partial charge in [0.05, 0.1) is 19.6 Å². The molecule has 0 aliphatic heterocycles. The predicted octanol–water partition coefficient (Wildman–Crippen LogP) is 4.90. The van der Waals surface area contributed by atoms with Crippen LogP contribution in [0, 0.1) is 17.3 Å². The van der Waals surface area contributed by atoms with E-state index in [1.807, 2.05) is 18.2 Å². The predicted molar refractivity (Wildman–Crippen MR) is 121 cm³/mol. The Morgan fingerprint density at radius 1 is 0.968 bits per heavy atom. The molecule has 4 atom stereocenters. The van der Waals surface area contributed by atoms with Gasteiger partial charge in [-0.1, -0.05) is 36.4 Å². The molecule has 4 fully saturated rings. The Labute approximate surface area is 185 Å². The van der Waals surface area contributed by atoms with Crippen molar-refractivity contribution in [3.8, 4) is 11.5 Å². The molecule has 4 saturated carbocycles. The molecule has 4 aliphatic rings. The van der Waals surface area contributed by atoms with E-state index in [-0.39, 0.29) is 16.7 Å². The van der Waals surface area contributed by atoms with Crippen molar-refractivity contribution in [2.75, 3.05) is 20.8 Å². The fourth-order valence-electron chi connectivity index (χ4n) is 7.20. The van der Waals surface area contributed by atoms with Gasteiger partial charge in [-0.3, -0.25) is 4.79 Å². The van der Waals surface area contributed by atoms with Crippen molar-refractivity contribution in [2.24, 2.45) is 17.3 Å². The Hall–Kier alpha value is -2.49. The number of carbonyl (C=O) groups excluding carboxylic acids is 1. The quantitative estimate of drug-likeness (QED) is 0.694. The average molecular weight is 420 g/mol. The summed E-state index contributed by atoms with van der Waals surface area (Å²) in [5.74, 6) is 3.13. The van der Waals surface area contributed by atoms with Crippen molar-refractivity contribution in [1.82, 2.24) is 5.32 Å². The van der Waals surface area contributed by atoms with E-state index in [4.69, 9.17) is 9.47 Å². The zero-order valence-corrected chi connectivity index (χ0v) is 18.7. The molecule has 2 aromatic carbocycles. The summed E-state index contributed by atoms with van der Waals surface area (Å²) in [6, 6.07) is 17.0. The smallest absolute Gasteiger partial charge is 0.226 e. The van der Waals surface area contributed by atoms with Gasteiger partial charge >= 0.3 is 0 Å². The highest BCUT2D eigenvalue weighted by atomic mass is 16.5. The van der Waals surface area contributed by atoms with Gasteiger partial charge in [-0.25, -0.2) is 0 Å². The molecule has 6 rings (SSSR count). The molecule has 0 aromatic heterocycles. The summed E-state index contributed by atoms with van der Waals surface area (Å²) in [4.78, 5) is 13.5. The highest BCUT2D eigenvalue weighted by Crippen LogP contribution is 2.65. The van der Waals surface area contributed by atoms with Crippen LogP contribution in [0.15, 0.2) is 48.5 Å². The number of nitrogens with one attached hydrogen (secondary N) is 1. The fourth-order valence-corrected chi connectivity index (χ4v) is 7.20. The minimum Gasteiger partial charge on any atom is -0.493 e. The van der Waals surface area contributed by atoms with Crippen LogP contribution < -0.4 is 14.8 Å². The molecular weight excluding hydrogens is 386 g/mol. The Balaban J connectivity index is 1.28. The maximum atomic E-state index is 13.5. The molecule has 4 bridgehead atoms. The van der Waals surface area contributed by atoms with Crippen LogP contribution in [-0.2, 0) is 16.6 Å². The molecule has 2 unspecified atom stereocenters. The summed E-state index contributed by atoms with van der Waals surface area (Å²) < 4.78 is 10.7.